The van der Waals surface area contributed by atoms with Crippen LogP contribution < -0.4 is 0 Å². The van der Waals surface area contributed by atoms with Crippen molar-refractivity contribution in [3.8, 4) is 0 Å². The van der Waals surface area contributed by atoms with Crippen LogP contribution in [0.25, 0.3) is 6.08 Å². The Morgan fingerprint density at radius 1 is 1.05 bits per heavy atom. The van der Waals surface area contributed by atoms with Crippen LogP contribution >= 0.6 is 11.3 Å². The number of nitrogens with zero attached hydrogens (tertiary/aromatic N) is 1. The summed E-state index contributed by atoms with van der Waals surface area (Å²) in [5, 5.41) is 0. The van der Waals surface area contributed by atoms with Gasteiger partial charge in [-0.1, -0.05) is 36.4 Å². The second-order valence-corrected chi connectivity index (χ2v) is 6.08. The monoisotopic (exact) mass is 305 g/mol. The Morgan fingerprint density at radius 3 is 2.68 bits per heavy atom. The molecule has 2 aromatic heterocycles. The van der Waals surface area contributed by atoms with Crippen molar-refractivity contribution in [2.75, 3.05) is 0 Å². The van der Waals surface area contributed by atoms with Gasteiger partial charge in [0.25, 0.3) is 0 Å². The van der Waals surface area contributed by atoms with Gasteiger partial charge in [0.15, 0.2) is 5.78 Å². The van der Waals surface area contributed by atoms with Crippen molar-refractivity contribution in [3.63, 3.8) is 0 Å². The maximum Gasteiger partial charge on any atom is 0.195 e. The van der Waals surface area contributed by atoms with Crippen molar-refractivity contribution < 1.29 is 4.79 Å². The van der Waals surface area contributed by atoms with E-state index >= 15 is 0 Å². The predicted molar refractivity (Wildman–Crippen MR) is 91.2 cm³/mol. The van der Waals surface area contributed by atoms with E-state index in [4.69, 9.17) is 0 Å². The molecule has 22 heavy (non-hydrogen) atoms. The first kappa shape index (κ1) is 14.4. The van der Waals surface area contributed by atoms with Crippen molar-refractivity contribution in [3.05, 3.63) is 93.9 Å². The van der Waals surface area contributed by atoms with E-state index < -0.39 is 0 Å². The molecule has 108 valence electrons. The second-order valence-electron chi connectivity index (χ2n) is 4.91. The number of rotatable bonds is 5. The van der Waals surface area contributed by atoms with Crippen molar-refractivity contribution in [1.29, 1.82) is 0 Å². The Labute approximate surface area is 133 Å². The van der Waals surface area contributed by atoms with Gasteiger partial charge in [-0.15, -0.1) is 11.3 Å². The molecule has 0 N–H and O–H groups in total. The van der Waals surface area contributed by atoms with Crippen LogP contribution in [0.1, 0.15) is 25.7 Å². The summed E-state index contributed by atoms with van der Waals surface area (Å²) in [4.78, 5) is 18.2. The smallest absolute Gasteiger partial charge is 0.195 e. The molecule has 0 fully saturated rings. The molecule has 0 atom stereocenters. The fraction of sp³-hybridized carbons (Fsp3) is 0.0526. The number of pyridine rings is 1. The highest BCUT2D eigenvalue weighted by molar-refractivity contribution is 7.14. The number of benzene rings is 1. The van der Waals surface area contributed by atoms with Gasteiger partial charge in [-0.25, -0.2) is 0 Å². The average Bonchev–Trinajstić information content (AvgIpc) is 3.03. The molecule has 0 saturated carbocycles. The Morgan fingerprint density at radius 2 is 1.91 bits per heavy atom. The standard InChI is InChI=1S/C19H15NOS/c21-18(10-8-16-7-4-12-20-14-16)19-11-9-17(22-19)13-15-5-2-1-3-6-15/h1-12,14H,13H2/b10-8+. The summed E-state index contributed by atoms with van der Waals surface area (Å²) in [6.45, 7) is 0. The first-order valence-electron chi connectivity index (χ1n) is 7.06. The van der Waals surface area contributed by atoms with Crippen LogP contribution in [0, 0.1) is 0 Å². The maximum atomic E-state index is 12.2. The van der Waals surface area contributed by atoms with Crippen molar-refractivity contribution in [2.24, 2.45) is 0 Å². The molecule has 3 heteroatoms. The summed E-state index contributed by atoms with van der Waals surface area (Å²) in [6, 6.07) is 18.0. The summed E-state index contributed by atoms with van der Waals surface area (Å²) in [7, 11) is 0. The summed E-state index contributed by atoms with van der Waals surface area (Å²) < 4.78 is 0. The number of allylic oxidation sites excluding steroid dienone is 1. The molecule has 3 rings (SSSR count). The summed E-state index contributed by atoms with van der Waals surface area (Å²) in [5.74, 6) is 0.0353. The van der Waals surface area contributed by atoms with E-state index in [0.29, 0.717) is 0 Å². The highest BCUT2D eigenvalue weighted by Crippen LogP contribution is 2.21. The van der Waals surface area contributed by atoms with E-state index in [1.54, 1.807) is 35.9 Å². The zero-order valence-corrected chi connectivity index (χ0v) is 12.8. The molecule has 0 bridgehead atoms. The number of carbonyl (C=O) groups excluding carboxylic acids is 1. The lowest BCUT2D eigenvalue weighted by molar-refractivity contribution is 0.105. The quantitative estimate of drug-likeness (QED) is 0.508. The number of ketones is 1. The van der Waals surface area contributed by atoms with Crippen LogP contribution in [-0.4, -0.2) is 10.8 Å². The van der Waals surface area contributed by atoms with E-state index in [9.17, 15) is 4.79 Å². The van der Waals surface area contributed by atoms with Crippen LogP contribution in [0.3, 0.4) is 0 Å². The molecule has 3 aromatic rings. The van der Waals surface area contributed by atoms with E-state index in [-0.39, 0.29) is 5.78 Å². The van der Waals surface area contributed by atoms with E-state index in [1.165, 1.54) is 10.4 Å². The number of carbonyl (C=O) groups is 1. The van der Waals surface area contributed by atoms with Gasteiger partial charge in [0.1, 0.15) is 0 Å². The van der Waals surface area contributed by atoms with E-state index in [1.807, 2.05) is 42.5 Å². The largest absolute Gasteiger partial charge is 0.288 e. The molecular formula is C19H15NOS. The van der Waals surface area contributed by atoms with Crippen LogP contribution in [0.2, 0.25) is 0 Å². The fourth-order valence-electron chi connectivity index (χ4n) is 2.13. The molecule has 0 aliphatic carbocycles. The lowest BCUT2D eigenvalue weighted by atomic mass is 10.1. The minimum Gasteiger partial charge on any atom is -0.288 e. The van der Waals surface area contributed by atoms with Gasteiger partial charge in [-0.05, 0) is 41.5 Å². The molecular weight excluding hydrogens is 290 g/mol. The fourth-order valence-corrected chi connectivity index (χ4v) is 3.09. The van der Waals surface area contributed by atoms with Gasteiger partial charge in [0.2, 0.25) is 0 Å². The topological polar surface area (TPSA) is 30.0 Å². The SMILES string of the molecule is O=C(/C=C/c1cccnc1)c1ccc(Cc2ccccc2)s1. The lowest BCUT2D eigenvalue weighted by Crippen LogP contribution is -1.89. The number of aromatic nitrogens is 1. The molecule has 0 unspecified atom stereocenters. The zero-order chi connectivity index (χ0) is 15.2. The maximum absolute atomic E-state index is 12.2. The van der Waals surface area contributed by atoms with Crippen LogP contribution in [0.15, 0.2) is 73.1 Å². The summed E-state index contributed by atoms with van der Waals surface area (Å²) in [5.41, 5.74) is 2.19. The molecule has 0 amide bonds. The third-order valence-electron chi connectivity index (χ3n) is 3.24. The molecule has 0 saturated heterocycles. The van der Waals surface area contributed by atoms with Gasteiger partial charge < -0.3 is 0 Å². The summed E-state index contributed by atoms with van der Waals surface area (Å²) in [6.07, 6.45) is 7.72. The Bertz CT molecular complexity index is 775. The lowest BCUT2D eigenvalue weighted by Gasteiger charge is -1.97. The van der Waals surface area contributed by atoms with Crippen molar-refractivity contribution >= 4 is 23.2 Å². The van der Waals surface area contributed by atoms with E-state index in [0.717, 1.165) is 16.9 Å². The van der Waals surface area contributed by atoms with Gasteiger partial charge in [0.05, 0.1) is 4.88 Å². The molecule has 1 aromatic carbocycles. The van der Waals surface area contributed by atoms with Crippen LogP contribution in [0.5, 0.6) is 0 Å². The zero-order valence-electron chi connectivity index (χ0n) is 12.0. The minimum atomic E-state index is 0.0353. The van der Waals surface area contributed by atoms with Crippen molar-refractivity contribution in [1.82, 2.24) is 4.98 Å². The Hall–Kier alpha value is -2.52. The number of thiophene rings is 1. The highest BCUT2D eigenvalue weighted by atomic mass is 32.1. The highest BCUT2D eigenvalue weighted by Gasteiger charge is 2.06. The molecule has 2 nitrogen and oxygen atoms in total. The first-order chi connectivity index (χ1) is 10.8. The van der Waals surface area contributed by atoms with Crippen LogP contribution in [0.4, 0.5) is 0 Å². The predicted octanol–water partition coefficient (Wildman–Crippen LogP) is 4.63. The number of hydrogen-bond donors (Lipinski definition) is 0. The van der Waals surface area contributed by atoms with Gasteiger partial charge in [-0.2, -0.15) is 0 Å². The average molecular weight is 305 g/mol. The molecule has 0 spiro atoms. The summed E-state index contributed by atoms with van der Waals surface area (Å²) >= 11 is 1.55. The third-order valence-corrected chi connectivity index (χ3v) is 4.34. The third kappa shape index (κ3) is 3.77. The van der Waals surface area contributed by atoms with Gasteiger partial charge in [-0.3, -0.25) is 9.78 Å². The first-order valence-corrected chi connectivity index (χ1v) is 7.88. The van der Waals surface area contributed by atoms with Crippen molar-refractivity contribution in [2.45, 2.75) is 6.42 Å². The van der Waals surface area contributed by atoms with Crippen LogP contribution in [-0.2, 0) is 6.42 Å². The second kappa shape index (κ2) is 6.96. The minimum absolute atomic E-state index is 0.0353. The Kier molecular flexibility index (Phi) is 4.56. The van der Waals surface area contributed by atoms with Gasteiger partial charge >= 0.3 is 0 Å². The van der Waals surface area contributed by atoms with E-state index in [2.05, 4.69) is 17.1 Å². The Balaban J connectivity index is 1.68. The molecule has 0 aliphatic heterocycles. The molecule has 0 radical (unpaired) electrons. The normalized spacial score (nSPS) is 10.9. The van der Waals surface area contributed by atoms with Gasteiger partial charge in [0, 0.05) is 23.7 Å². The molecule has 0 aliphatic rings. The number of hydrogen-bond acceptors (Lipinski definition) is 3. The molecule has 2 heterocycles.